The van der Waals surface area contributed by atoms with Gasteiger partial charge in [-0.15, -0.1) is 0 Å². The molecule has 7 N–H and O–H groups in total. The van der Waals surface area contributed by atoms with E-state index in [4.69, 9.17) is 10.8 Å². The zero-order valence-corrected chi connectivity index (χ0v) is 21.5. The maximum atomic E-state index is 13.1. The lowest BCUT2D eigenvalue weighted by molar-refractivity contribution is -0.142. The van der Waals surface area contributed by atoms with Crippen LogP contribution in [0.2, 0.25) is 0 Å². The normalized spacial score (nSPS) is 15.0. The van der Waals surface area contributed by atoms with Crippen LogP contribution < -0.4 is 21.7 Å². The zero-order chi connectivity index (χ0) is 27.3. The van der Waals surface area contributed by atoms with Gasteiger partial charge in [0.15, 0.2) is 0 Å². The van der Waals surface area contributed by atoms with E-state index >= 15 is 0 Å². The van der Waals surface area contributed by atoms with E-state index < -0.39 is 60.2 Å². The van der Waals surface area contributed by atoms with Crippen LogP contribution in [0.4, 0.5) is 0 Å². The maximum Gasteiger partial charge on any atom is 0.326 e. The fourth-order valence-electron chi connectivity index (χ4n) is 3.33. The summed E-state index contributed by atoms with van der Waals surface area (Å²) in [5.41, 5.74) is 6.34. The number of carboxylic acid groups (broad SMARTS) is 2. The van der Waals surface area contributed by atoms with E-state index in [0.717, 1.165) is 5.56 Å². The maximum absolute atomic E-state index is 13.1. The minimum atomic E-state index is -1.34. The predicted octanol–water partition coefficient (Wildman–Crippen LogP) is 0.369. The van der Waals surface area contributed by atoms with Gasteiger partial charge in [0.2, 0.25) is 17.7 Å². The van der Waals surface area contributed by atoms with Gasteiger partial charge in [-0.1, -0.05) is 50.6 Å². The number of rotatable bonds is 16. The summed E-state index contributed by atoms with van der Waals surface area (Å²) in [5, 5.41) is 26.1. The standard InChI is InChI=1S/C24H36N4O7S/c1-4-14(2)20(23(33)27-18(24(34)35)12-15-8-6-5-7-9-15)28-22(32)17(10-11-36-3)26-21(31)16(25)13-19(29)30/h5-9,14,16-18,20H,4,10-13,25H2,1-3H3,(H,26,31)(H,27,33)(H,28,32)(H,29,30)(H,34,35). The Balaban J connectivity index is 3.01. The van der Waals surface area contributed by atoms with Gasteiger partial charge in [0.05, 0.1) is 12.5 Å². The predicted molar refractivity (Wildman–Crippen MR) is 136 cm³/mol. The number of hydrogen-bond acceptors (Lipinski definition) is 7. The third kappa shape index (κ3) is 10.6. The van der Waals surface area contributed by atoms with Crippen molar-refractivity contribution in [2.45, 2.75) is 63.7 Å². The van der Waals surface area contributed by atoms with Crippen LogP contribution in [0.3, 0.4) is 0 Å². The third-order valence-corrected chi connectivity index (χ3v) is 6.31. The van der Waals surface area contributed by atoms with Gasteiger partial charge >= 0.3 is 11.9 Å². The van der Waals surface area contributed by atoms with Crippen LogP contribution in [0.15, 0.2) is 30.3 Å². The largest absolute Gasteiger partial charge is 0.481 e. The minimum Gasteiger partial charge on any atom is -0.481 e. The summed E-state index contributed by atoms with van der Waals surface area (Å²) in [7, 11) is 0. The summed E-state index contributed by atoms with van der Waals surface area (Å²) in [6, 6.07) is 4.19. The highest BCUT2D eigenvalue weighted by Crippen LogP contribution is 2.11. The Morgan fingerprint density at radius 2 is 1.56 bits per heavy atom. The molecule has 0 aromatic heterocycles. The van der Waals surface area contributed by atoms with Crippen molar-refractivity contribution < 1.29 is 34.2 Å². The molecule has 0 spiro atoms. The van der Waals surface area contributed by atoms with Gasteiger partial charge in [-0.25, -0.2) is 4.79 Å². The van der Waals surface area contributed by atoms with E-state index in [0.29, 0.717) is 12.2 Å². The van der Waals surface area contributed by atoms with Gasteiger partial charge in [-0.2, -0.15) is 11.8 Å². The summed E-state index contributed by atoms with van der Waals surface area (Å²) in [6.07, 6.45) is 2.02. The average molecular weight is 525 g/mol. The van der Waals surface area contributed by atoms with Crippen molar-refractivity contribution in [2.75, 3.05) is 12.0 Å². The lowest BCUT2D eigenvalue weighted by Gasteiger charge is -2.28. The number of carbonyl (C=O) groups is 5. The fourth-order valence-corrected chi connectivity index (χ4v) is 3.80. The summed E-state index contributed by atoms with van der Waals surface area (Å²) < 4.78 is 0. The number of benzene rings is 1. The molecule has 0 aliphatic rings. The van der Waals surface area contributed by atoms with Gasteiger partial charge in [0.1, 0.15) is 18.1 Å². The van der Waals surface area contributed by atoms with E-state index in [-0.39, 0.29) is 18.8 Å². The van der Waals surface area contributed by atoms with Gasteiger partial charge < -0.3 is 31.9 Å². The zero-order valence-electron chi connectivity index (χ0n) is 20.7. The molecule has 1 aromatic rings. The molecule has 5 atom stereocenters. The first kappa shape index (κ1) is 30.9. The first-order valence-corrected chi connectivity index (χ1v) is 13.0. The van der Waals surface area contributed by atoms with Crippen LogP contribution in [-0.2, 0) is 30.4 Å². The molecule has 1 aromatic carbocycles. The average Bonchev–Trinajstić information content (AvgIpc) is 2.83. The van der Waals surface area contributed by atoms with E-state index in [1.807, 2.05) is 13.2 Å². The molecule has 0 aliphatic carbocycles. The van der Waals surface area contributed by atoms with Crippen LogP contribution in [0.5, 0.6) is 0 Å². The highest BCUT2D eigenvalue weighted by molar-refractivity contribution is 7.98. The number of carboxylic acids is 2. The van der Waals surface area contributed by atoms with Crippen LogP contribution >= 0.6 is 11.8 Å². The van der Waals surface area contributed by atoms with Crippen LogP contribution in [0, 0.1) is 5.92 Å². The summed E-state index contributed by atoms with van der Waals surface area (Å²) >= 11 is 1.44. The first-order chi connectivity index (χ1) is 17.0. The number of thioether (sulfide) groups is 1. The Bertz CT molecular complexity index is 900. The van der Waals surface area contributed by atoms with E-state index in [1.165, 1.54) is 11.8 Å². The highest BCUT2D eigenvalue weighted by atomic mass is 32.2. The Morgan fingerprint density at radius 1 is 0.944 bits per heavy atom. The number of carbonyl (C=O) groups excluding carboxylic acids is 3. The Labute approximate surface area is 215 Å². The second-order valence-corrected chi connectivity index (χ2v) is 9.49. The molecular weight excluding hydrogens is 488 g/mol. The van der Waals surface area contributed by atoms with Crippen molar-refractivity contribution in [1.82, 2.24) is 16.0 Å². The van der Waals surface area contributed by atoms with E-state index in [1.54, 1.807) is 37.3 Å². The molecule has 5 unspecified atom stereocenters. The molecule has 0 bridgehead atoms. The first-order valence-electron chi connectivity index (χ1n) is 11.6. The van der Waals surface area contributed by atoms with Crippen molar-refractivity contribution in [3.8, 4) is 0 Å². The number of hydrogen-bond donors (Lipinski definition) is 6. The monoisotopic (exact) mass is 524 g/mol. The van der Waals surface area contributed by atoms with Crippen molar-refractivity contribution in [3.63, 3.8) is 0 Å². The summed E-state index contributed by atoms with van der Waals surface area (Å²) in [4.78, 5) is 61.2. The molecule has 0 fully saturated rings. The van der Waals surface area contributed by atoms with Crippen molar-refractivity contribution in [3.05, 3.63) is 35.9 Å². The molecule has 0 aliphatic heterocycles. The van der Waals surface area contributed by atoms with Gasteiger partial charge in [-0.05, 0) is 29.9 Å². The van der Waals surface area contributed by atoms with Crippen LogP contribution in [0.1, 0.15) is 38.7 Å². The van der Waals surface area contributed by atoms with Crippen LogP contribution in [-0.4, -0.2) is 76.0 Å². The SMILES string of the molecule is CCC(C)C(NC(=O)C(CCSC)NC(=O)C(N)CC(=O)O)C(=O)NC(Cc1ccccc1)C(=O)O. The lowest BCUT2D eigenvalue weighted by atomic mass is 9.96. The van der Waals surface area contributed by atoms with Gasteiger partial charge in [0, 0.05) is 6.42 Å². The minimum absolute atomic E-state index is 0.0664. The lowest BCUT2D eigenvalue weighted by Crippen LogP contribution is -2.59. The molecule has 36 heavy (non-hydrogen) atoms. The third-order valence-electron chi connectivity index (χ3n) is 5.67. The molecule has 0 saturated heterocycles. The molecule has 12 heteroatoms. The second-order valence-electron chi connectivity index (χ2n) is 8.51. The molecule has 200 valence electrons. The Kier molecular flexibility index (Phi) is 13.6. The number of aliphatic carboxylic acids is 2. The molecule has 1 rings (SSSR count). The van der Waals surface area contributed by atoms with Crippen molar-refractivity contribution in [1.29, 1.82) is 0 Å². The van der Waals surface area contributed by atoms with Crippen molar-refractivity contribution in [2.24, 2.45) is 11.7 Å². The second kappa shape index (κ2) is 15.8. The molecular formula is C24H36N4O7S. The van der Waals surface area contributed by atoms with Gasteiger partial charge in [0.25, 0.3) is 0 Å². The molecule has 0 saturated carbocycles. The quantitative estimate of drug-likeness (QED) is 0.177. The number of nitrogens with one attached hydrogen (secondary N) is 3. The molecule has 3 amide bonds. The van der Waals surface area contributed by atoms with Crippen molar-refractivity contribution >= 4 is 41.4 Å². The summed E-state index contributed by atoms with van der Waals surface area (Å²) in [5.74, 6) is -4.39. The smallest absolute Gasteiger partial charge is 0.326 e. The number of nitrogens with two attached hydrogens (primary N) is 1. The molecule has 11 nitrogen and oxygen atoms in total. The Hall–Kier alpha value is -3.12. The van der Waals surface area contributed by atoms with E-state index in [9.17, 15) is 29.1 Å². The number of amides is 3. The highest BCUT2D eigenvalue weighted by Gasteiger charge is 2.33. The Morgan fingerprint density at radius 3 is 2.08 bits per heavy atom. The molecule has 0 heterocycles. The van der Waals surface area contributed by atoms with E-state index in [2.05, 4.69) is 16.0 Å². The molecule has 0 radical (unpaired) electrons. The van der Waals surface area contributed by atoms with Gasteiger partial charge in [-0.3, -0.25) is 19.2 Å². The van der Waals surface area contributed by atoms with Crippen LogP contribution in [0.25, 0.3) is 0 Å². The fraction of sp³-hybridized carbons (Fsp3) is 0.542. The summed E-state index contributed by atoms with van der Waals surface area (Å²) in [6.45, 7) is 3.57. The topological polar surface area (TPSA) is 188 Å².